The summed E-state index contributed by atoms with van der Waals surface area (Å²) in [4.78, 5) is 0. The van der Waals surface area contributed by atoms with Crippen molar-refractivity contribution < 1.29 is 9.47 Å². The maximum atomic E-state index is 6.43. The maximum Gasteiger partial charge on any atom is 0.164 e. The zero-order chi connectivity index (χ0) is 15.2. The molecule has 1 aliphatic rings. The Kier molecular flexibility index (Phi) is 5.92. The van der Waals surface area contributed by atoms with E-state index in [4.69, 9.17) is 15.2 Å². The average Bonchev–Trinajstić information content (AvgIpc) is 2.49. The summed E-state index contributed by atoms with van der Waals surface area (Å²) in [6, 6.07) is 6.21. The Balaban J connectivity index is 2.23. The SMILES string of the molecule is CCC1CCCCC1Oc1c(CC(C)N)cccc1OC. The molecule has 0 radical (unpaired) electrons. The van der Waals surface area contributed by atoms with Crippen LogP contribution in [0.2, 0.25) is 0 Å². The molecule has 3 nitrogen and oxygen atoms in total. The summed E-state index contributed by atoms with van der Waals surface area (Å²) in [6.07, 6.45) is 7.33. The third-order valence-electron chi connectivity index (χ3n) is 4.46. The summed E-state index contributed by atoms with van der Waals surface area (Å²) < 4.78 is 11.9. The van der Waals surface area contributed by atoms with Gasteiger partial charge in [-0.25, -0.2) is 0 Å². The lowest BCUT2D eigenvalue weighted by molar-refractivity contribution is 0.0862. The van der Waals surface area contributed by atoms with Crippen LogP contribution in [0.1, 0.15) is 51.5 Å². The third-order valence-corrected chi connectivity index (χ3v) is 4.46. The second-order valence-corrected chi connectivity index (χ2v) is 6.24. The molecule has 3 atom stereocenters. The number of nitrogens with two attached hydrogens (primary N) is 1. The van der Waals surface area contributed by atoms with Crippen LogP contribution in [0.4, 0.5) is 0 Å². The van der Waals surface area contributed by atoms with Crippen molar-refractivity contribution in [2.75, 3.05) is 7.11 Å². The number of rotatable bonds is 6. The number of hydrogen-bond donors (Lipinski definition) is 1. The smallest absolute Gasteiger partial charge is 0.164 e. The standard InChI is InChI=1S/C18H29NO2/c1-4-14-8-5-6-10-16(14)21-18-15(12-13(2)19)9-7-11-17(18)20-3/h7,9,11,13-14,16H,4-6,8,10,12,19H2,1-3H3. The van der Waals surface area contributed by atoms with Crippen LogP contribution in [-0.4, -0.2) is 19.3 Å². The van der Waals surface area contributed by atoms with E-state index in [2.05, 4.69) is 13.0 Å². The molecule has 0 heterocycles. The van der Waals surface area contributed by atoms with Gasteiger partial charge in [0.15, 0.2) is 11.5 Å². The molecule has 0 amide bonds. The summed E-state index contributed by atoms with van der Waals surface area (Å²) in [6.45, 7) is 4.29. The fraction of sp³-hybridized carbons (Fsp3) is 0.667. The first kappa shape index (κ1) is 16.2. The van der Waals surface area contributed by atoms with Gasteiger partial charge in [-0.3, -0.25) is 0 Å². The van der Waals surface area contributed by atoms with E-state index in [0.717, 1.165) is 29.9 Å². The molecule has 118 valence electrons. The van der Waals surface area contributed by atoms with Crippen LogP contribution < -0.4 is 15.2 Å². The van der Waals surface area contributed by atoms with Gasteiger partial charge in [-0.15, -0.1) is 0 Å². The van der Waals surface area contributed by atoms with Gasteiger partial charge >= 0.3 is 0 Å². The van der Waals surface area contributed by atoms with Gasteiger partial charge in [-0.2, -0.15) is 0 Å². The van der Waals surface area contributed by atoms with Crippen molar-refractivity contribution >= 4 is 0 Å². The molecule has 0 saturated heterocycles. The maximum absolute atomic E-state index is 6.43. The molecule has 0 bridgehead atoms. The molecule has 1 aromatic carbocycles. The van der Waals surface area contributed by atoms with E-state index in [0.29, 0.717) is 12.0 Å². The van der Waals surface area contributed by atoms with Gasteiger partial charge in [0.25, 0.3) is 0 Å². The molecule has 1 aromatic rings. The second-order valence-electron chi connectivity index (χ2n) is 6.24. The van der Waals surface area contributed by atoms with E-state index >= 15 is 0 Å². The Morgan fingerprint density at radius 1 is 1.29 bits per heavy atom. The lowest BCUT2D eigenvalue weighted by Gasteiger charge is -2.32. The molecule has 3 unspecified atom stereocenters. The second kappa shape index (κ2) is 7.69. The van der Waals surface area contributed by atoms with E-state index in [1.54, 1.807) is 7.11 Å². The molecule has 2 N–H and O–H groups in total. The molecule has 0 spiro atoms. The van der Waals surface area contributed by atoms with Crippen LogP contribution in [0.15, 0.2) is 18.2 Å². The van der Waals surface area contributed by atoms with E-state index < -0.39 is 0 Å². The Bertz CT molecular complexity index is 445. The summed E-state index contributed by atoms with van der Waals surface area (Å²) in [5.74, 6) is 2.39. The molecular weight excluding hydrogens is 262 g/mol. The molecule has 21 heavy (non-hydrogen) atoms. The Labute approximate surface area is 128 Å². The van der Waals surface area contributed by atoms with Gasteiger partial charge < -0.3 is 15.2 Å². The molecule has 0 aliphatic heterocycles. The minimum absolute atomic E-state index is 0.118. The first-order valence-electron chi connectivity index (χ1n) is 8.23. The zero-order valence-corrected chi connectivity index (χ0v) is 13.6. The van der Waals surface area contributed by atoms with Crippen molar-refractivity contribution in [3.05, 3.63) is 23.8 Å². The Morgan fingerprint density at radius 3 is 2.71 bits per heavy atom. The van der Waals surface area contributed by atoms with E-state index in [-0.39, 0.29) is 6.04 Å². The molecule has 0 aromatic heterocycles. The Morgan fingerprint density at radius 2 is 2.05 bits per heavy atom. The van der Waals surface area contributed by atoms with Crippen molar-refractivity contribution in [2.24, 2.45) is 11.7 Å². The van der Waals surface area contributed by atoms with Crippen LogP contribution in [0.3, 0.4) is 0 Å². The molecule has 1 fully saturated rings. The fourth-order valence-corrected chi connectivity index (χ4v) is 3.31. The minimum atomic E-state index is 0.118. The van der Waals surface area contributed by atoms with Gasteiger partial charge in [0, 0.05) is 6.04 Å². The molecule has 2 rings (SSSR count). The largest absolute Gasteiger partial charge is 0.493 e. The van der Waals surface area contributed by atoms with Crippen LogP contribution in [0.25, 0.3) is 0 Å². The van der Waals surface area contributed by atoms with Crippen molar-refractivity contribution in [2.45, 2.75) is 64.5 Å². The van der Waals surface area contributed by atoms with Gasteiger partial charge in [0.2, 0.25) is 0 Å². The third kappa shape index (κ3) is 4.13. The van der Waals surface area contributed by atoms with Crippen molar-refractivity contribution in [1.29, 1.82) is 0 Å². The quantitative estimate of drug-likeness (QED) is 0.863. The highest BCUT2D eigenvalue weighted by Gasteiger charge is 2.27. The van der Waals surface area contributed by atoms with Crippen molar-refractivity contribution in [1.82, 2.24) is 0 Å². The first-order chi connectivity index (χ1) is 10.2. The zero-order valence-electron chi connectivity index (χ0n) is 13.6. The number of ether oxygens (including phenoxy) is 2. The predicted octanol–water partition coefficient (Wildman–Crippen LogP) is 3.93. The van der Waals surface area contributed by atoms with Crippen LogP contribution in [-0.2, 0) is 6.42 Å². The lowest BCUT2D eigenvalue weighted by atomic mass is 9.84. The van der Waals surface area contributed by atoms with E-state index in [9.17, 15) is 0 Å². The minimum Gasteiger partial charge on any atom is -0.493 e. The van der Waals surface area contributed by atoms with E-state index in [1.807, 2.05) is 19.1 Å². The fourth-order valence-electron chi connectivity index (χ4n) is 3.31. The molecule has 3 heteroatoms. The van der Waals surface area contributed by atoms with Crippen LogP contribution >= 0.6 is 0 Å². The van der Waals surface area contributed by atoms with Crippen LogP contribution in [0.5, 0.6) is 11.5 Å². The summed E-state index contributed by atoms with van der Waals surface area (Å²) >= 11 is 0. The van der Waals surface area contributed by atoms with Gasteiger partial charge in [-0.05, 0) is 56.6 Å². The summed E-state index contributed by atoms with van der Waals surface area (Å²) in [5, 5.41) is 0. The number of para-hydroxylation sites is 1. The normalized spacial score (nSPS) is 23.6. The van der Waals surface area contributed by atoms with E-state index in [1.165, 1.54) is 25.7 Å². The van der Waals surface area contributed by atoms with Crippen molar-refractivity contribution in [3.8, 4) is 11.5 Å². The van der Waals surface area contributed by atoms with Crippen LogP contribution in [0, 0.1) is 5.92 Å². The molecular formula is C18H29NO2. The first-order valence-corrected chi connectivity index (χ1v) is 8.23. The monoisotopic (exact) mass is 291 g/mol. The predicted molar refractivity (Wildman–Crippen MR) is 87.0 cm³/mol. The van der Waals surface area contributed by atoms with Gasteiger partial charge in [0.1, 0.15) is 6.10 Å². The van der Waals surface area contributed by atoms with Crippen molar-refractivity contribution in [3.63, 3.8) is 0 Å². The number of benzene rings is 1. The highest BCUT2D eigenvalue weighted by Crippen LogP contribution is 2.37. The number of hydrogen-bond acceptors (Lipinski definition) is 3. The topological polar surface area (TPSA) is 44.5 Å². The summed E-state index contributed by atoms with van der Waals surface area (Å²) in [5.41, 5.74) is 7.13. The van der Waals surface area contributed by atoms with Gasteiger partial charge in [0.05, 0.1) is 7.11 Å². The Hall–Kier alpha value is -1.22. The highest BCUT2D eigenvalue weighted by atomic mass is 16.5. The number of methoxy groups -OCH3 is 1. The molecule has 1 aliphatic carbocycles. The average molecular weight is 291 g/mol. The summed E-state index contributed by atoms with van der Waals surface area (Å²) in [7, 11) is 1.70. The van der Waals surface area contributed by atoms with Gasteiger partial charge in [-0.1, -0.05) is 25.5 Å². The highest BCUT2D eigenvalue weighted by molar-refractivity contribution is 5.47. The lowest BCUT2D eigenvalue weighted by Crippen LogP contribution is -2.30. The molecule has 1 saturated carbocycles.